The van der Waals surface area contributed by atoms with Crippen LogP contribution in [0.1, 0.15) is 5.56 Å². The minimum absolute atomic E-state index is 0.00445. The molecule has 2 aromatic heterocycles. The monoisotopic (exact) mass is 525 g/mol. The second-order valence-electron chi connectivity index (χ2n) is 7.06. The molecule has 0 saturated heterocycles. The molecule has 1 N–H and O–H groups in total. The largest absolute Gasteiger partial charge is 0.497 e. The molecule has 0 aliphatic heterocycles. The van der Waals surface area contributed by atoms with E-state index in [1.54, 1.807) is 61.7 Å². The van der Waals surface area contributed by atoms with Crippen molar-refractivity contribution in [1.29, 1.82) is 0 Å². The van der Waals surface area contributed by atoms with E-state index in [0.717, 1.165) is 5.41 Å². The van der Waals surface area contributed by atoms with E-state index in [-0.39, 0.29) is 34.1 Å². The van der Waals surface area contributed by atoms with Crippen molar-refractivity contribution >= 4 is 33.5 Å². The number of hydrogen-bond acceptors (Lipinski definition) is 9. The molecule has 2 heterocycles. The maximum Gasteiger partial charge on any atom is 0.256 e. The van der Waals surface area contributed by atoms with Gasteiger partial charge in [-0.2, -0.15) is 0 Å². The van der Waals surface area contributed by atoms with Gasteiger partial charge in [-0.05, 0) is 42.0 Å². The summed E-state index contributed by atoms with van der Waals surface area (Å²) < 4.78 is 44.6. The second-order valence-corrected chi connectivity index (χ2v) is 8.99. The van der Waals surface area contributed by atoms with Gasteiger partial charge in [0.05, 0.1) is 19.6 Å². The Morgan fingerprint density at radius 3 is 2.22 bits per heavy atom. The first-order chi connectivity index (χ1) is 17.4. The Labute approximate surface area is 212 Å². The number of anilines is 1. The first-order valence-electron chi connectivity index (χ1n) is 10.4. The van der Waals surface area contributed by atoms with Crippen molar-refractivity contribution in [2.75, 3.05) is 18.9 Å². The van der Waals surface area contributed by atoms with Crippen molar-refractivity contribution in [3.63, 3.8) is 0 Å². The predicted octanol–water partition coefficient (Wildman–Crippen LogP) is 4.81. The summed E-state index contributed by atoms with van der Waals surface area (Å²) in [5, 5.41) is 0.839. The van der Waals surface area contributed by atoms with Crippen LogP contribution in [-0.4, -0.2) is 42.6 Å². The predicted molar refractivity (Wildman–Crippen MR) is 136 cm³/mol. The molecule has 0 amide bonds. The number of aromatic nitrogens is 4. The van der Waals surface area contributed by atoms with Crippen LogP contribution in [0.15, 0.2) is 72.4 Å². The number of nitrogens with one attached hydrogen (secondary N) is 1. The fourth-order valence-electron chi connectivity index (χ4n) is 2.96. The fourth-order valence-corrected chi connectivity index (χ4v) is 3.98. The van der Waals surface area contributed by atoms with Crippen LogP contribution in [0.2, 0.25) is 5.15 Å². The number of para-hydroxylation sites is 2. The molecule has 0 spiro atoms. The summed E-state index contributed by atoms with van der Waals surface area (Å²) in [7, 11) is -1.03. The lowest BCUT2D eigenvalue weighted by Gasteiger charge is -2.15. The zero-order valence-electron chi connectivity index (χ0n) is 19.1. The van der Waals surface area contributed by atoms with Gasteiger partial charge in [0.15, 0.2) is 28.3 Å². The lowest BCUT2D eigenvalue weighted by molar-refractivity contribution is 0.378. The zero-order valence-corrected chi connectivity index (χ0v) is 20.7. The van der Waals surface area contributed by atoms with Gasteiger partial charge in [-0.25, -0.2) is 28.4 Å². The summed E-state index contributed by atoms with van der Waals surface area (Å²) in [6.45, 7) is 0. The summed E-state index contributed by atoms with van der Waals surface area (Å²) in [5.41, 5.74) is 0.644. The normalized spacial score (nSPS) is 11.3. The first-order valence-corrected chi connectivity index (χ1v) is 12.3. The average Bonchev–Trinajstić information content (AvgIpc) is 2.90. The molecule has 0 aliphatic carbocycles. The van der Waals surface area contributed by atoms with E-state index in [4.69, 9.17) is 25.8 Å². The van der Waals surface area contributed by atoms with Crippen LogP contribution in [0, 0.1) is 0 Å². The van der Waals surface area contributed by atoms with Gasteiger partial charge in [0.25, 0.3) is 10.0 Å². The molecule has 0 unspecified atom stereocenters. The quantitative estimate of drug-likeness (QED) is 0.306. The number of halogens is 1. The Kier molecular flexibility index (Phi) is 7.62. The minimum atomic E-state index is -4.06. The van der Waals surface area contributed by atoms with Crippen molar-refractivity contribution < 1.29 is 22.6 Å². The van der Waals surface area contributed by atoms with Crippen LogP contribution < -0.4 is 18.9 Å². The number of hydrogen-bond donors (Lipinski definition) is 1. The number of rotatable bonds is 9. The van der Waals surface area contributed by atoms with Gasteiger partial charge in [-0.1, -0.05) is 35.9 Å². The molecule has 0 atom stereocenters. The number of sulfonamides is 1. The van der Waals surface area contributed by atoms with Crippen molar-refractivity contribution in [3.8, 4) is 34.6 Å². The molecule has 36 heavy (non-hydrogen) atoms. The Morgan fingerprint density at radius 1 is 0.861 bits per heavy atom. The summed E-state index contributed by atoms with van der Waals surface area (Å²) >= 11 is 6.42. The van der Waals surface area contributed by atoms with Crippen LogP contribution in [0.4, 0.5) is 5.82 Å². The van der Waals surface area contributed by atoms with E-state index in [9.17, 15) is 8.42 Å². The van der Waals surface area contributed by atoms with Gasteiger partial charge in [0, 0.05) is 12.4 Å². The average molecular weight is 526 g/mol. The smallest absolute Gasteiger partial charge is 0.256 e. The van der Waals surface area contributed by atoms with E-state index in [0.29, 0.717) is 17.1 Å². The van der Waals surface area contributed by atoms with Gasteiger partial charge in [-0.3, -0.25) is 4.72 Å². The molecule has 184 valence electrons. The molecule has 4 aromatic rings. The van der Waals surface area contributed by atoms with Crippen molar-refractivity contribution in [3.05, 3.63) is 83.1 Å². The lowest BCUT2D eigenvalue weighted by Crippen LogP contribution is -2.13. The van der Waals surface area contributed by atoms with Gasteiger partial charge < -0.3 is 14.2 Å². The number of benzene rings is 2. The molecule has 0 bridgehead atoms. The van der Waals surface area contributed by atoms with Crippen LogP contribution in [0.5, 0.6) is 23.0 Å². The molecule has 4 rings (SSSR count). The number of nitrogens with zero attached hydrogens (tertiary/aromatic N) is 4. The third-order valence-corrected chi connectivity index (χ3v) is 5.89. The van der Waals surface area contributed by atoms with Crippen LogP contribution >= 0.6 is 11.6 Å². The lowest BCUT2D eigenvalue weighted by atomic mass is 10.2. The summed E-state index contributed by atoms with van der Waals surface area (Å²) in [5.74, 6) is 1.16. The van der Waals surface area contributed by atoms with E-state index in [2.05, 4.69) is 24.7 Å². The highest BCUT2D eigenvalue weighted by Crippen LogP contribution is 2.39. The van der Waals surface area contributed by atoms with Gasteiger partial charge in [-0.15, -0.1) is 0 Å². The summed E-state index contributed by atoms with van der Waals surface area (Å²) in [6, 6.07) is 15.3. The highest BCUT2D eigenvalue weighted by molar-refractivity contribution is 7.95. The molecule has 0 fully saturated rings. The Balaban J connectivity index is 1.72. The molecular formula is C24H20ClN5O5S. The third kappa shape index (κ3) is 6.06. The van der Waals surface area contributed by atoms with Crippen LogP contribution in [0.3, 0.4) is 0 Å². The van der Waals surface area contributed by atoms with Crippen molar-refractivity contribution in [2.24, 2.45) is 0 Å². The zero-order chi connectivity index (χ0) is 25.5. The molecule has 0 aliphatic rings. The molecule has 2 aromatic carbocycles. The molecular weight excluding hydrogens is 506 g/mol. The maximum absolute atomic E-state index is 12.9. The second kappa shape index (κ2) is 11.0. The first kappa shape index (κ1) is 24.9. The van der Waals surface area contributed by atoms with Gasteiger partial charge in [0.1, 0.15) is 5.75 Å². The van der Waals surface area contributed by atoms with E-state index < -0.39 is 10.0 Å². The van der Waals surface area contributed by atoms with E-state index >= 15 is 0 Å². The van der Waals surface area contributed by atoms with Gasteiger partial charge >= 0.3 is 0 Å². The summed E-state index contributed by atoms with van der Waals surface area (Å²) in [6.07, 6.45) is 4.42. The Hall–Kier alpha value is -4.22. The topological polar surface area (TPSA) is 125 Å². The minimum Gasteiger partial charge on any atom is -0.497 e. The van der Waals surface area contributed by atoms with Crippen LogP contribution in [0.25, 0.3) is 17.7 Å². The fraction of sp³-hybridized carbons (Fsp3) is 0.0833. The Morgan fingerprint density at radius 2 is 1.56 bits per heavy atom. The summed E-state index contributed by atoms with van der Waals surface area (Å²) in [4.78, 5) is 16.7. The Bertz CT molecular complexity index is 1480. The van der Waals surface area contributed by atoms with Crippen LogP contribution in [-0.2, 0) is 10.0 Å². The van der Waals surface area contributed by atoms with Crippen molar-refractivity contribution in [2.45, 2.75) is 0 Å². The molecule has 12 heteroatoms. The maximum atomic E-state index is 12.9. The molecule has 0 radical (unpaired) electrons. The van der Waals surface area contributed by atoms with E-state index in [1.165, 1.54) is 25.6 Å². The third-order valence-electron chi connectivity index (χ3n) is 4.67. The number of methoxy groups -OCH3 is 2. The highest BCUT2D eigenvalue weighted by Gasteiger charge is 2.22. The standard InChI is InChI=1S/C24H20ClN5O5S/c1-33-17-10-8-16(9-11-17)12-15-36(31,32)30-22-20(35-19-7-4-3-6-18(19)34-2)21(25)28-24(29-22)23-26-13-5-14-27-23/h3-15H,1-2H3,(H,28,29,30). The number of ether oxygens (including phenoxy) is 3. The van der Waals surface area contributed by atoms with Gasteiger partial charge in [0.2, 0.25) is 11.6 Å². The molecule has 10 nitrogen and oxygen atoms in total. The SMILES string of the molecule is COc1ccc(C=CS(=O)(=O)Nc2nc(-c3ncccn3)nc(Cl)c2Oc2ccccc2OC)cc1. The highest BCUT2D eigenvalue weighted by atomic mass is 35.5. The molecule has 0 saturated carbocycles. The van der Waals surface area contributed by atoms with E-state index in [1.807, 2.05) is 0 Å². The van der Waals surface area contributed by atoms with Crippen molar-refractivity contribution in [1.82, 2.24) is 19.9 Å².